The highest BCUT2D eigenvalue weighted by atomic mass is 35.5. The van der Waals surface area contributed by atoms with Crippen LogP contribution < -0.4 is 0 Å². The highest BCUT2D eigenvalue weighted by molar-refractivity contribution is 6.32. The fourth-order valence-electron chi connectivity index (χ4n) is 2.67. The van der Waals surface area contributed by atoms with Gasteiger partial charge in [-0.2, -0.15) is 13.2 Å². The van der Waals surface area contributed by atoms with E-state index in [9.17, 15) is 23.1 Å². The van der Waals surface area contributed by atoms with Crippen LogP contribution in [0, 0.1) is 6.92 Å². The predicted molar refractivity (Wildman–Crippen MR) is 88.9 cm³/mol. The van der Waals surface area contributed by atoms with E-state index in [4.69, 9.17) is 11.6 Å². The van der Waals surface area contributed by atoms with Gasteiger partial charge in [-0.3, -0.25) is 0 Å². The summed E-state index contributed by atoms with van der Waals surface area (Å²) < 4.78 is 39.9. The minimum absolute atomic E-state index is 0.0665. The second-order valence-corrected chi connectivity index (χ2v) is 5.88. The van der Waals surface area contributed by atoms with Crippen molar-refractivity contribution in [1.29, 1.82) is 0 Å². The summed E-state index contributed by atoms with van der Waals surface area (Å²) >= 11 is 6.05. The van der Waals surface area contributed by atoms with Crippen LogP contribution in [0.15, 0.2) is 42.5 Å². The monoisotopic (exact) mass is 365 g/mol. The number of aromatic nitrogens is 1. The molecule has 0 fully saturated rings. The van der Waals surface area contributed by atoms with Gasteiger partial charge in [0.1, 0.15) is 0 Å². The lowest BCUT2D eigenvalue weighted by atomic mass is 9.99. The number of nitrogens with zero attached hydrogens (tertiary/aromatic N) is 1. The molecule has 0 aliphatic heterocycles. The highest BCUT2D eigenvalue weighted by Gasteiger charge is 2.34. The Morgan fingerprint density at radius 2 is 1.84 bits per heavy atom. The number of aryl methyl sites for hydroxylation is 1. The van der Waals surface area contributed by atoms with Crippen LogP contribution in [0.1, 0.15) is 21.5 Å². The van der Waals surface area contributed by atoms with Crippen LogP contribution in [0.5, 0.6) is 0 Å². The van der Waals surface area contributed by atoms with E-state index in [0.717, 1.165) is 12.1 Å². The first-order chi connectivity index (χ1) is 11.7. The van der Waals surface area contributed by atoms with Gasteiger partial charge in [0.25, 0.3) is 0 Å². The maximum Gasteiger partial charge on any atom is 0.417 e. The molecule has 0 amide bonds. The Bertz CT molecular complexity index is 1000. The second kappa shape index (κ2) is 6.04. The van der Waals surface area contributed by atoms with E-state index in [0.29, 0.717) is 16.0 Å². The van der Waals surface area contributed by atoms with Crippen LogP contribution in [0.2, 0.25) is 5.02 Å². The molecule has 0 radical (unpaired) electrons. The second-order valence-electron chi connectivity index (χ2n) is 5.47. The minimum Gasteiger partial charge on any atom is -0.478 e. The number of benzene rings is 2. The summed E-state index contributed by atoms with van der Waals surface area (Å²) in [4.78, 5) is 15.9. The molecule has 3 aromatic rings. The van der Waals surface area contributed by atoms with E-state index < -0.39 is 17.7 Å². The normalized spacial score (nSPS) is 11.7. The molecule has 25 heavy (non-hydrogen) atoms. The van der Waals surface area contributed by atoms with Gasteiger partial charge in [-0.1, -0.05) is 35.9 Å². The molecule has 1 N–H and O–H groups in total. The molecule has 3 rings (SSSR count). The summed E-state index contributed by atoms with van der Waals surface area (Å²) in [5.74, 6) is -1.25. The molecule has 0 unspecified atom stereocenters. The van der Waals surface area contributed by atoms with E-state index >= 15 is 0 Å². The van der Waals surface area contributed by atoms with Crippen molar-refractivity contribution < 1.29 is 23.1 Å². The molecule has 0 spiro atoms. The number of carbonyl (C=O) groups is 1. The average molecular weight is 366 g/mol. The van der Waals surface area contributed by atoms with Crippen molar-refractivity contribution >= 4 is 28.5 Å². The fraction of sp³-hybridized carbons (Fsp3) is 0.111. The Morgan fingerprint density at radius 1 is 1.16 bits per heavy atom. The molecule has 3 nitrogen and oxygen atoms in total. The van der Waals surface area contributed by atoms with Crippen LogP contribution in [-0.2, 0) is 6.18 Å². The summed E-state index contributed by atoms with van der Waals surface area (Å²) in [5.41, 5.74) is -0.482. The van der Waals surface area contributed by atoms with Crippen molar-refractivity contribution in [2.24, 2.45) is 0 Å². The Labute approximate surface area is 145 Å². The number of carboxylic acids is 1. The largest absolute Gasteiger partial charge is 0.478 e. The Balaban J connectivity index is 2.40. The van der Waals surface area contributed by atoms with E-state index in [1.807, 2.05) is 0 Å². The summed E-state index contributed by atoms with van der Waals surface area (Å²) in [7, 11) is 0. The number of fused-ring (bicyclic) bond motifs is 1. The lowest BCUT2D eigenvalue weighted by Gasteiger charge is -2.14. The SMILES string of the molecule is Cc1c(Cl)ccc2c(C(=O)O)cc(-c3ccccc3C(F)(F)F)nc12. The molecule has 0 aliphatic rings. The number of hydrogen-bond acceptors (Lipinski definition) is 2. The number of alkyl halides is 3. The van der Waals surface area contributed by atoms with E-state index in [1.54, 1.807) is 6.92 Å². The van der Waals surface area contributed by atoms with Crippen LogP contribution in [0.3, 0.4) is 0 Å². The molecule has 0 aliphatic carbocycles. The number of rotatable bonds is 2. The molecule has 7 heteroatoms. The van der Waals surface area contributed by atoms with Crippen molar-refractivity contribution in [3.8, 4) is 11.3 Å². The molecular weight excluding hydrogens is 355 g/mol. The standard InChI is InChI=1S/C18H11ClF3NO2/c1-9-14(19)7-6-10-12(17(24)25)8-15(23-16(9)10)11-4-2-3-5-13(11)18(20,21)22/h2-8H,1H3,(H,24,25). The van der Waals surface area contributed by atoms with Crippen LogP contribution >= 0.6 is 11.6 Å². The molecule has 128 valence electrons. The van der Waals surface area contributed by atoms with Gasteiger partial charge in [0.2, 0.25) is 0 Å². The third kappa shape index (κ3) is 3.05. The van der Waals surface area contributed by atoms with Gasteiger partial charge >= 0.3 is 12.1 Å². The smallest absolute Gasteiger partial charge is 0.417 e. The minimum atomic E-state index is -4.58. The molecule has 2 aromatic carbocycles. The zero-order valence-electron chi connectivity index (χ0n) is 12.9. The first kappa shape index (κ1) is 17.2. The summed E-state index contributed by atoms with van der Waals surface area (Å²) in [6.45, 7) is 1.64. The quantitative estimate of drug-likeness (QED) is 0.645. The molecule has 0 saturated heterocycles. The number of hydrogen-bond donors (Lipinski definition) is 1. The molecule has 1 aromatic heterocycles. The Morgan fingerprint density at radius 3 is 2.48 bits per heavy atom. The predicted octanol–water partition coefficient (Wildman–Crippen LogP) is 5.58. The summed E-state index contributed by atoms with van der Waals surface area (Å²) in [6.07, 6.45) is -4.58. The van der Waals surface area contributed by atoms with Gasteiger partial charge in [-0.15, -0.1) is 0 Å². The first-order valence-electron chi connectivity index (χ1n) is 7.20. The zero-order valence-corrected chi connectivity index (χ0v) is 13.6. The Hall–Kier alpha value is -2.60. The highest BCUT2D eigenvalue weighted by Crippen LogP contribution is 2.38. The zero-order chi connectivity index (χ0) is 18.4. The van der Waals surface area contributed by atoms with Crippen molar-refractivity contribution in [2.75, 3.05) is 0 Å². The van der Waals surface area contributed by atoms with Gasteiger partial charge in [0.05, 0.1) is 22.3 Å². The van der Waals surface area contributed by atoms with Gasteiger partial charge in [0.15, 0.2) is 0 Å². The van der Waals surface area contributed by atoms with Crippen LogP contribution in [0.25, 0.3) is 22.2 Å². The average Bonchev–Trinajstić information content (AvgIpc) is 2.56. The lowest BCUT2D eigenvalue weighted by Crippen LogP contribution is -2.08. The number of aromatic carboxylic acids is 1. The van der Waals surface area contributed by atoms with Crippen LogP contribution in [0.4, 0.5) is 13.2 Å². The molecule has 0 atom stereocenters. The maximum absolute atomic E-state index is 13.3. The van der Waals surface area contributed by atoms with E-state index in [2.05, 4.69) is 4.98 Å². The Kier molecular flexibility index (Phi) is 4.16. The van der Waals surface area contributed by atoms with E-state index in [-0.39, 0.29) is 22.3 Å². The topological polar surface area (TPSA) is 50.2 Å². The summed E-state index contributed by atoms with van der Waals surface area (Å²) in [5, 5.41) is 10.1. The van der Waals surface area contributed by atoms with Crippen molar-refractivity contribution in [2.45, 2.75) is 13.1 Å². The molecule has 0 bridgehead atoms. The van der Waals surface area contributed by atoms with Gasteiger partial charge in [-0.05, 0) is 30.7 Å². The van der Waals surface area contributed by atoms with Crippen LogP contribution in [-0.4, -0.2) is 16.1 Å². The molecule has 1 heterocycles. The summed E-state index contributed by atoms with van der Waals surface area (Å²) in [6, 6.07) is 9.12. The number of halogens is 4. The molecule has 0 saturated carbocycles. The number of carboxylic acid groups (broad SMARTS) is 1. The van der Waals surface area contributed by atoms with Gasteiger partial charge in [0, 0.05) is 16.0 Å². The van der Waals surface area contributed by atoms with Gasteiger partial charge in [-0.25, -0.2) is 9.78 Å². The van der Waals surface area contributed by atoms with Gasteiger partial charge < -0.3 is 5.11 Å². The van der Waals surface area contributed by atoms with Crippen molar-refractivity contribution in [3.63, 3.8) is 0 Å². The van der Waals surface area contributed by atoms with Crippen molar-refractivity contribution in [3.05, 3.63) is 64.2 Å². The van der Waals surface area contributed by atoms with E-state index in [1.165, 1.54) is 30.3 Å². The van der Waals surface area contributed by atoms with Crippen molar-refractivity contribution in [1.82, 2.24) is 4.98 Å². The lowest BCUT2D eigenvalue weighted by molar-refractivity contribution is -0.137. The fourth-order valence-corrected chi connectivity index (χ4v) is 2.83. The maximum atomic E-state index is 13.3. The third-order valence-electron chi connectivity index (χ3n) is 3.91. The first-order valence-corrected chi connectivity index (χ1v) is 7.57. The molecular formula is C18H11ClF3NO2. The third-order valence-corrected chi connectivity index (χ3v) is 4.32. The number of pyridine rings is 1.